The number of hydrogen-bond donors (Lipinski definition) is 2. The quantitative estimate of drug-likeness (QED) is 0.796. The summed E-state index contributed by atoms with van der Waals surface area (Å²) in [6.45, 7) is 4.12. The first-order valence-corrected chi connectivity index (χ1v) is 8.61. The van der Waals surface area contributed by atoms with Crippen molar-refractivity contribution < 1.29 is 14.3 Å². The molecule has 1 aromatic heterocycles. The molecule has 7 nitrogen and oxygen atoms in total. The van der Waals surface area contributed by atoms with E-state index in [9.17, 15) is 9.59 Å². The summed E-state index contributed by atoms with van der Waals surface area (Å²) in [7, 11) is 0. The number of amides is 2. The van der Waals surface area contributed by atoms with E-state index in [2.05, 4.69) is 27.8 Å². The molecule has 24 heavy (non-hydrogen) atoms. The van der Waals surface area contributed by atoms with Crippen molar-refractivity contribution in [2.75, 3.05) is 17.2 Å². The molecule has 0 atom stereocenters. The van der Waals surface area contributed by atoms with Gasteiger partial charge in [0, 0.05) is 17.7 Å². The van der Waals surface area contributed by atoms with Crippen molar-refractivity contribution in [2.24, 2.45) is 0 Å². The molecule has 0 radical (unpaired) electrons. The van der Waals surface area contributed by atoms with E-state index in [0.29, 0.717) is 16.4 Å². The lowest BCUT2D eigenvalue weighted by Crippen LogP contribution is -2.15. The fourth-order valence-corrected chi connectivity index (χ4v) is 2.70. The molecule has 2 N–H and O–H groups in total. The number of ether oxygens (including phenoxy) is 1. The number of aryl methyl sites for hydroxylation is 1. The van der Waals surface area contributed by atoms with Crippen LogP contribution in [0.2, 0.25) is 0 Å². The van der Waals surface area contributed by atoms with Gasteiger partial charge in [-0.1, -0.05) is 30.7 Å². The number of aromatic nitrogens is 2. The Kier molecular flexibility index (Phi) is 6.68. The molecule has 0 fully saturated rings. The van der Waals surface area contributed by atoms with Crippen LogP contribution in [0.3, 0.4) is 0 Å². The summed E-state index contributed by atoms with van der Waals surface area (Å²) in [5.41, 5.74) is 0.900. The standard InChI is InChI=1S/C16H20N4O3S/c1-3-5-9-13-19-20-15(24-13)18-14(21)11-7-6-8-12(10-11)17-16(22)23-4-2/h6-8,10H,3-5,9H2,1-2H3,(H,17,22)(H,18,20,21). The van der Waals surface area contributed by atoms with Gasteiger partial charge in [0.2, 0.25) is 5.13 Å². The van der Waals surface area contributed by atoms with Crippen LogP contribution in [0, 0.1) is 0 Å². The second-order valence-electron chi connectivity index (χ2n) is 4.98. The highest BCUT2D eigenvalue weighted by atomic mass is 32.1. The molecule has 0 saturated heterocycles. The van der Waals surface area contributed by atoms with Crippen molar-refractivity contribution in [2.45, 2.75) is 33.1 Å². The molecule has 1 heterocycles. The first-order chi connectivity index (χ1) is 11.6. The first-order valence-electron chi connectivity index (χ1n) is 7.80. The maximum atomic E-state index is 12.3. The Labute approximate surface area is 144 Å². The van der Waals surface area contributed by atoms with Crippen LogP contribution >= 0.6 is 11.3 Å². The number of carbonyl (C=O) groups excluding carboxylic acids is 2. The van der Waals surface area contributed by atoms with Gasteiger partial charge in [0.05, 0.1) is 6.61 Å². The number of nitrogens with zero attached hydrogens (tertiary/aromatic N) is 2. The maximum Gasteiger partial charge on any atom is 0.411 e. The monoisotopic (exact) mass is 348 g/mol. The third kappa shape index (κ3) is 5.31. The van der Waals surface area contributed by atoms with Gasteiger partial charge in [-0.25, -0.2) is 4.79 Å². The van der Waals surface area contributed by atoms with Gasteiger partial charge in [0.25, 0.3) is 5.91 Å². The second kappa shape index (κ2) is 8.97. The van der Waals surface area contributed by atoms with E-state index >= 15 is 0 Å². The average molecular weight is 348 g/mol. The molecule has 0 unspecified atom stereocenters. The molecule has 128 valence electrons. The number of nitrogens with one attached hydrogen (secondary N) is 2. The van der Waals surface area contributed by atoms with Crippen LogP contribution in [-0.4, -0.2) is 28.8 Å². The zero-order valence-corrected chi connectivity index (χ0v) is 14.5. The SMILES string of the molecule is CCCCc1nnc(NC(=O)c2cccc(NC(=O)OCC)c2)s1. The van der Waals surface area contributed by atoms with Crippen LogP contribution in [-0.2, 0) is 11.2 Å². The van der Waals surface area contributed by atoms with E-state index in [4.69, 9.17) is 4.74 Å². The number of anilines is 2. The summed E-state index contributed by atoms with van der Waals surface area (Å²) < 4.78 is 4.81. The molecule has 1 aromatic carbocycles. The highest BCUT2D eigenvalue weighted by Crippen LogP contribution is 2.19. The summed E-state index contributed by atoms with van der Waals surface area (Å²) in [6.07, 6.45) is 2.44. The number of rotatable bonds is 7. The Morgan fingerprint density at radius 1 is 1.21 bits per heavy atom. The molecule has 0 aliphatic rings. The van der Waals surface area contributed by atoms with Gasteiger partial charge in [0.15, 0.2) is 0 Å². The van der Waals surface area contributed by atoms with Gasteiger partial charge in [-0.2, -0.15) is 0 Å². The summed E-state index contributed by atoms with van der Waals surface area (Å²) in [5.74, 6) is -0.305. The average Bonchev–Trinajstić information content (AvgIpc) is 3.00. The highest BCUT2D eigenvalue weighted by Gasteiger charge is 2.11. The number of hydrogen-bond acceptors (Lipinski definition) is 6. The lowest BCUT2D eigenvalue weighted by molar-refractivity contribution is 0.102. The molecule has 0 saturated carbocycles. The molecular formula is C16H20N4O3S. The summed E-state index contributed by atoms with van der Waals surface area (Å²) >= 11 is 1.37. The number of carbonyl (C=O) groups is 2. The molecule has 2 aromatic rings. The normalized spacial score (nSPS) is 10.2. The van der Waals surface area contributed by atoms with Crippen molar-refractivity contribution in [3.05, 3.63) is 34.8 Å². The third-order valence-electron chi connectivity index (χ3n) is 3.08. The van der Waals surface area contributed by atoms with Crippen LogP contribution in [0.1, 0.15) is 42.1 Å². The minimum atomic E-state index is -0.556. The van der Waals surface area contributed by atoms with Gasteiger partial charge < -0.3 is 4.74 Å². The van der Waals surface area contributed by atoms with Crippen molar-refractivity contribution in [1.29, 1.82) is 0 Å². The lowest BCUT2D eigenvalue weighted by atomic mass is 10.2. The molecule has 0 aliphatic heterocycles. The van der Waals surface area contributed by atoms with Gasteiger partial charge in [-0.05, 0) is 31.5 Å². The van der Waals surface area contributed by atoms with E-state index in [1.807, 2.05) is 0 Å². The van der Waals surface area contributed by atoms with E-state index in [1.165, 1.54) is 11.3 Å². The van der Waals surface area contributed by atoms with Crippen LogP contribution in [0.4, 0.5) is 15.6 Å². The fraction of sp³-hybridized carbons (Fsp3) is 0.375. The van der Waals surface area contributed by atoms with Gasteiger partial charge in [-0.3, -0.25) is 15.4 Å². The highest BCUT2D eigenvalue weighted by molar-refractivity contribution is 7.15. The van der Waals surface area contributed by atoms with Gasteiger partial charge in [0.1, 0.15) is 5.01 Å². The molecule has 8 heteroatoms. The fourth-order valence-electron chi connectivity index (χ4n) is 1.93. The largest absolute Gasteiger partial charge is 0.450 e. The van der Waals surface area contributed by atoms with E-state index in [-0.39, 0.29) is 12.5 Å². The molecule has 2 amide bonds. The molecule has 0 spiro atoms. The molecule has 0 bridgehead atoms. The van der Waals surface area contributed by atoms with Crippen molar-refractivity contribution in [1.82, 2.24) is 10.2 Å². The minimum Gasteiger partial charge on any atom is -0.450 e. The topological polar surface area (TPSA) is 93.2 Å². The van der Waals surface area contributed by atoms with Gasteiger partial charge in [-0.15, -0.1) is 10.2 Å². The van der Waals surface area contributed by atoms with E-state index < -0.39 is 6.09 Å². The Hall–Kier alpha value is -2.48. The number of unbranched alkanes of at least 4 members (excludes halogenated alkanes) is 1. The second-order valence-corrected chi connectivity index (χ2v) is 6.05. The smallest absolute Gasteiger partial charge is 0.411 e. The molecular weight excluding hydrogens is 328 g/mol. The van der Waals surface area contributed by atoms with Crippen LogP contribution in [0.5, 0.6) is 0 Å². The first kappa shape index (κ1) is 17.9. The Morgan fingerprint density at radius 3 is 2.79 bits per heavy atom. The molecule has 0 aliphatic carbocycles. The summed E-state index contributed by atoms with van der Waals surface area (Å²) in [5, 5.41) is 14.7. The summed E-state index contributed by atoms with van der Waals surface area (Å²) in [6, 6.07) is 6.60. The van der Waals surface area contributed by atoms with Crippen molar-refractivity contribution >= 4 is 34.2 Å². The maximum absolute atomic E-state index is 12.3. The summed E-state index contributed by atoms with van der Waals surface area (Å²) in [4.78, 5) is 23.7. The van der Waals surface area contributed by atoms with Crippen LogP contribution in [0.15, 0.2) is 24.3 Å². The van der Waals surface area contributed by atoms with Crippen LogP contribution < -0.4 is 10.6 Å². The van der Waals surface area contributed by atoms with Crippen LogP contribution in [0.25, 0.3) is 0 Å². The Balaban J connectivity index is 1.99. The Morgan fingerprint density at radius 2 is 2.04 bits per heavy atom. The lowest BCUT2D eigenvalue weighted by Gasteiger charge is -2.07. The minimum absolute atomic E-state index is 0.281. The zero-order valence-electron chi connectivity index (χ0n) is 13.7. The van der Waals surface area contributed by atoms with Crippen molar-refractivity contribution in [3.63, 3.8) is 0 Å². The third-order valence-corrected chi connectivity index (χ3v) is 3.98. The predicted molar refractivity (Wildman–Crippen MR) is 93.6 cm³/mol. The zero-order chi connectivity index (χ0) is 17.4. The van der Waals surface area contributed by atoms with Crippen molar-refractivity contribution in [3.8, 4) is 0 Å². The van der Waals surface area contributed by atoms with E-state index in [0.717, 1.165) is 24.3 Å². The van der Waals surface area contributed by atoms with E-state index in [1.54, 1.807) is 31.2 Å². The number of benzene rings is 1. The Bertz CT molecular complexity index is 702. The van der Waals surface area contributed by atoms with Gasteiger partial charge >= 0.3 is 6.09 Å². The molecule has 2 rings (SSSR count). The predicted octanol–water partition coefficient (Wildman–Crippen LogP) is 3.70.